The SMILES string of the molecule is CC(C)CO[Si](O)(O)Cl. The average molecular weight is 171 g/mol. The maximum Gasteiger partial charge on any atom is 0.607 e. The summed E-state index contributed by atoms with van der Waals surface area (Å²) in [5.74, 6) is 0.273. The van der Waals surface area contributed by atoms with Gasteiger partial charge in [0, 0.05) is 6.61 Å². The van der Waals surface area contributed by atoms with Crippen LogP contribution in [0.4, 0.5) is 0 Å². The molecule has 0 rings (SSSR count). The van der Waals surface area contributed by atoms with Crippen LogP contribution in [0.5, 0.6) is 0 Å². The van der Waals surface area contributed by atoms with E-state index in [-0.39, 0.29) is 5.92 Å². The van der Waals surface area contributed by atoms with Crippen LogP contribution in [-0.2, 0) is 4.43 Å². The molecule has 0 aromatic heterocycles. The van der Waals surface area contributed by atoms with Gasteiger partial charge in [-0.2, -0.15) is 0 Å². The predicted octanol–water partition coefficient (Wildman–Crippen LogP) is 0.318. The van der Waals surface area contributed by atoms with Crippen LogP contribution in [0.2, 0.25) is 0 Å². The molecule has 3 nitrogen and oxygen atoms in total. The molecule has 0 aliphatic rings. The zero-order valence-electron chi connectivity index (χ0n) is 5.47. The molecule has 2 N–H and O–H groups in total. The van der Waals surface area contributed by atoms with Gasteiger partial charge in [-0.15, -0.1) is 0 Å². The van der Waals surface area contributed by atoms with Gasteiger partial charge < -0.3 is 14.0 Å². The summed E-state index contributed by atoms with van der Waals surface area (Å²) in [5.41, 5.74) is 0. The Kier molecular flexibility index (Phi) is 3.68. The van der Waals surface area contributed by atoms with Gasteiger partial charge in [-0.1, -0.05) is 24.9 Å². The van der Waals surface area contributed by atoms with E-state index in [4.69, 9.17) is 20.7 Å². The van der Waals surface area contributed by atoms with Crippen molar-refractivity contribution in [1.29, 1.82) is 0 Å². The number of hydrogen-bond acceptors (Lipinski definition) is 3. The van der Waals surface area contributed by atoms with Crippen molar-refractivity contribution >= 4 is 19.2 Å². The highest BCUT2D eigenvalue weighted by Crippen LogP contribution is 2.03. The zero-order valence-corrected chi connectivity index (χ0v) is 7.22. The van der Waals surface area contributed by atoms with Crippen molar-refractivity contribution in [3.8, 4) is 0 Å². The summed E-state index contributed by atoms with van der Waals surface area (Å²) in [6.45, 7) is 4.09. The maximum absolute atomic E-state index is 8.50. The highest BCUT2D eigenvalue weighted by molar-refractivity contribution is 7.07. The molecule has 0 unspecified atom stereocenters. The van der Waals surface area contributed by atoms with Crippen LogP contribution in [0.15, 0.2) is 0 Å². The van der Waals surface area contributed by atoms with Crippen molar-refractivity contribution in [1.82, 2.24) is 0 Å². The summed E-state index contributed by atoms with van der Waals surface area (Å²) in [5, 5.41) is 0. The Morgan fingerprint density at radius 1 is 1.56 bits per heavy atom. The van der Waals surface area contributed by atoms with E-state index in [0.29, 0.717) is 6.61 Å². The Hall–Kier alpha value is 0.387. The van der Waals surface area contributed by atoms with Crippen molar-refractivity contribution in [2.75, 3.05) is 6.61 Å². The molecule has 0 heterocycles. The van der Waals surface area contributed by atoms with Crippen LogP contribution in [0.1, 0.15) is 13.8 Å². The van der Waals surface area contributed by atoms with Gasteiger partial charge in [0.1, 0.15) is 0 Å². The first-order chi connectivity index (χ1) is 3.92. The van der Waals surface area contributed by atoms with Crippen LogP contribution in [-0.4, -0.2) is 24.3 Å². The summed E-state index contributed by atoms with van der Waals surface area (Å²) in [6, 6.07) is 0. The molecule has 0 bridgehead atoms. The second-order valence-corrected chi connectivity index (χ2v) is 5.06. The van der Waals surface area contributed by atoms with Gasteiger partial charge in [0.25, 0.3) is 0 Å². The smallest absolute Gasteiger partial charge is 0.378 e. The normalized spacial score (nSPS) is 12.7. The summed E-state index contributed by atoms with van der Waals surface area (Å²) in [6.07, 6.45) is 0. The molecule has 0 aliphatic carbocycles. The van der Waals surface area contributed by atoms with Crippen LogP contribution in [0.25, 0.3) is 0 Å². The minimum atomic E-state index is -3.75. The molecule has 9 heavy (non-hydrogen) atoms. The Morgan fingerprint density at radius 3 is 2.11 bits per heavy atom. The highest BCUT2D eigenvalue weighted by Gasteiger charge is 2.29. The predicted molar refractivity (Wildman–Crippen MR) is 36.8 cm³/mol. The standard InChI is InChI=1S/C4H11ClO3Si/c1-4(2)3-8-9(5,6)7/h4,6-7H,3H2,1-2H3. The quantitative estimate of drug-likeness (QED) is 0.474. The van der Waals surface area contributed by atoms with Gasteiger partial charge in [-0.3, -0.25) is 0 Å². The summed E-state index contributed by atoms with van der Waals surface area (Å²) in [4.78, 5) is 17.0. The van der Waals surface area contributed by atoms with Gasteiger partial charge in [0.05, 0.1) is 0 Å². The first-order valence-corrected chi connectivity index (χ1v) is 5.51. The molecule has 0 aliphatic heterocycles. The fraction of sp³-hybridized carbons (Fsp3) is 1.00. The molecule has 0 aromatic carbocycles. The van der Waals surface area contributed by atoms with Gasteiger partial charge in [0.2, 0.25) is 0 Å². The summed E-state index contributed by atoms with van der Waals surface area (Å²) < 4.78 is 4.51. The molecule has 5 heteroatoms. The first kappa shape index (κ1) is 9.39. The van der Waals surface area contributed by atoms with E-state index in [2.05, 4.69) is 4.43 Å². The fourth-order valence-corrected chi connectivity index (χ4v) is 1.01. The highest BCUT2D eigenvalue weighted by atomic mass is 35.6. The maximum atomic E-state index is 8.50. The monoisotopic (exact) mass is 170 g/mol. The molecule has 0 saturated heterocycles. The Balaban J connectivity index is 3.28. The average Bonchev–Trinajstić information content (AvgIpc) is 1.59. The minimum absolute atomic E-state index is 0.273. The Morgan fingerprint density at radius 2 is 2.00 bits per heavy atom. The summed E-state index contributed by atoms with van der Waals surface area (Å²) in [7, 11) is -3.75. The van der Waals surface area contributed by atoms with E-state index >= 15 is 0 Å². The van der Waals surface area contributed by atoms with Crippen molar-refractivity contribution in [2.24, 2.45) is 5.92 Å². The van der Waals surface area contributed by atoms with Crippen molar-refractivity contribution in [2.45, 2.75) is 13.8 Å². The first-order valence-electron chi connectivity index (χ1n) is 2.69. The lowest BCUT2D eigenvalue weighted by atomic mass is 10.2. The minimum Gasteiger partial charge on any atom is -0.378 e. The topological polar surface area (TPSA) is 49.7 Å². The van der Waals surface area contributed by atoms with Crippen molar-refractivity contribution in [3.05, 3.63) is 0 Å². The van der Waals surface area contributed by atoms with Crippen LogP contribution < -0.4 is 0 Å². The zero-order chi connectivity index (χ0) is 7.49. The second-order valence-electron chi connectivity index (χ2n) is 2.23. The molecule has 0 amide bonds. The molecule has 0 spiro atoms. The van der Waals surface area contributed by atoms with E-state index in [1.165, 1.54) is 0 Å². The fourth-order valence-electron chi connectivity index (χ4n) is 0.273. The Labute approximate surface area is 60.3 Å². The molecular formula is C4H11ClO3Si. The molecule has 0 atom stereocenters. The van der Waals surface area contributed by atoms with E-state index in [1.54, 1.807) is 0 Å². The number of rotatable bonds is 3. The number of halogens is 1. The van der Waals surface area contributed by atoms with Crippen molar-refractivity contribution in [3.63, 3.8) is 0 Å². The van der Waals surface area contributed by atoms with E-state index in [1.807, 2.05) is 13.8 Å². The third-order valence-corrected chi connectivity index (χ3v) is 1.46. The molecule has 0 aromatic rings. The lowest BCUT2D eigenvalue weighted by Gasteiger charge is -2.10. The summed E-state index contributed by atoms with van der Waals surface area (Å²) >= 11 is 5.01. The van der Waals surface area contributed by atoms with Gasteiger partial charge in [-0.05, 0) is 5.92 Å². The molecule has 56 valence electrons. The van der Waals surface area contributed by atoms with Gasteiger partial charge in [-0.25, -0.2) is 0 Å². The largest absolute Gasteiger partial charge is 0.607 e. The molecule has 0 fully saturated rings. The lowest BCUT2D eigenvalue weighted by Crippen LogP contribution is -2.33. The molecule has 0 saturated carbocycles. The van der Waals surface area contributed by atoms with Gasteiger partial charge >= 0.3 is 8.11 Å². The Bertz CT molecular complexity index is 80.4. The van der Waals surface area contributed by atoms with E-state index in [0.717, 1.165) is 0 Å². The molecule has 0 radical (unpaired) electrons. The molecular weight excluding hydrogens is 160 g/mol. The second kappa shape index (κ2) is 3.53. The van der Waals surface area contributed by atoms with Gasteiger partial charge in [0.15, 0.2) is 0 Å². The van der Waals surface area contributed by atoms with Crippen LogP contribution in [0.3, 0.4) is 0 Å². The van der Waals surface area contributed by atoms with Crippen LogP contribution >= 0.6 is 11.1 Å². The van der Waals surface area contributed by atoms with Crippen LogP contribution in [0, 0.1) is 5.92 Å². The lowest BCUT2D eigenvalue weighted by molar-refractivity contribution is 0.153. The third-order valence-electron chi connectivity index (χ3n) is 0.600. The van der Waals surface area contributed by atoms with Crippen molar-refractivity contribution < 1.29 is 14.0 Å². The number of hydrogen-bond donors (Lipinski definition) is 2. The van der Waals surface area contributed by atoms with E-state index in [9.17, 15) is 0 Å². The third kappa shape index (κ3) is 8.39. The van der Waals surface area contributed by atoms with E-state index < -0.39 is 8.11 Å².